The lowest BCUT2D eigenvalue weighted by Gasteiger charge is -2.58. The van der Waals surface area contributed by atoms with E-state index in [0.717, 1.165) is 37.1 Å². The molecular weight excluding hydrogens is 510 g/mol. The maximum atomic E-state index is 14.3. The van der Waals surface area contributed by atoms with Crippen molar-refractivity contribution in [3.05, 3.63) is 48.0 Å². The van der Waals surface area contributed by atoms with Gasteiger partial charge < -0.3 is 10.6 Å². The first-order valence-corrected chi connectivity index (χ1v) is 13.2. The van der Waals surface area contributed by atoms with Crippen molar-refractivity contribution in [1.82, 2.24) is 10.6 Å². The van der Waals surface area contributed by atoms with E-state index >= 15 is 0 Å². The minimum Gasteiger partial charge on any atom is -0.349 e. The number of alkyl halides is 6. The number of halogens is 6. The zero-order chi connectivity index (χ0) is 27.7. The van der Waals surface area contributed by atoms with Gasteiger partial charge >= 0.3 is 12.4 Å². The van der Waals surface area contributed by atoms with Crippen molar-refractivity contribution >= 4 is 11.8 Å². The third-order valence-corrected chi connectivity index (χ3v) is 10.4. The van der Waals surface area contributed by atoms with E-state index in [1.165, 1.54) is 11.4 Å². The molecule has 0 aromatic heterocycles. The lowest BCUT2D eigenvalue weighted by molar-refractivity contribution is -0.312. The smallest absolute Gasteiger partial charge is 0.349 e. The van der Waals surface area contributed by atoms with Gasteiger partial charge in [0.1, 0.15) is 0 Å². The first-order valence-electron chi connectivity index (χ1n) is 13.2. The molecule has 10 heteroatoms. The second kappa shape index (κ2) is 8.74. The minimum atomic E-state index is -5.80. The van der Waals surface area contributed by atoms with E-state index in [1.54, 1.807) is 6.08 Å². The van der Waals surface area contributed by atoms with Gasteiger partial charge in [0.05, 0.1) is 0 Å². The van der Waals surface area contributed by atoms with E-state index in [1.807, 2.05) is 13.0 Å². The van der Waals surface area contributed by atoms with Crippen LogP contribution in [0.3, 0.4) is 0 Å². The van der Waals surface area contributed by atoms with Crippen LogP contribution in [-0.2, 0) is 15.1 Å². The summed E-state index contributed by atoms with van der Waals surface area (Å²) >= 11 is 0. The van der Waals surface area contributed by atoms with Gasteiger partial charge in [-0.1, -0.05) is 50.3 Å². The summed E-state index contributed by atoms with van der Waals surface area (Å²) < 4.78 is 85.9. The highest BCUT2D eigenvalue weighted by molar-refractivity contribution is 5.89. The predicted molar refractivity (Wildman–Crippen MR) is 127 cm³/mol. The highest BCUT2D eigenvalue weighted by atomic mass is 19.4. The molecule has 4 nitrogen and oxygen atoms in total. The number of nitrogens with one attached hydrogen (secondary N) is 2. The van der Waals surface area contributed by atoms with E-state index in [0.29, 0.717) is 19.3 Å². The molecular formula is C28H32F6N2O2. The highest BCUT2D eigenvalue weighted by Crippen LogP contribution is 2.65. The summed E-state index contributed by atoms with van der Waals surface area (Å²) in [5, 5.41) is 4.56. The van der Waals surface area contributed by atoms with Gasteiger partial charge in [0.2, 0.25) is 11.8 Å². The van der Waals surface area contributed by atoms with Crippen LogP contribution in [0.25, 0.3) is 0 Å². The number of carbonyl (C=O) groups excluding carboxylic acids is 2. The Kier molecular flexibility index (Phi) is 6.23. The standard InChI is InChI=1S/C28H32F6N2O2/c1-24-14-12-19-17(8-11-21-25(19,2)15-13-22(37)35-21)18(24)9-10-20(24)23(38)36-26(27(29,30)31,28(32,33)34)16-6-4-3-5-7-16/h3-7,13,15,17-21H,8-12,14H2,1-2H3,(H,35,37)(H,36,38)/t17-,18-,19+,20?,21?,24-,25+/m0/s1. The van der Waals surface area contributed by atoms with Crippen LogP contribution >= 0.6 is 0 Å². The lowest BCUT2D eigenvalue weighted by atomic mass is 9.48. The summed E-state index contributed by atoms with van der Waals surface area (Å²) in [6.45, 7) is 3.98. The lowest BCUT2D eigenvalue weighted by Crippen LogP contribution is -2.66. The minimum absolute atomic E-state index is 0.00343. The number of fused-ring (bicyclic) bond motifs is 5. The summed E-state index contributed by atoms with van der Waals surface area (Å²) in [4.78, 5) is 25.4. The molecule has 1 aromatic carbocycles. The predicted octanol–water partition coefficient (Wildman–Crippen LogP) is 6.04. The second-order valence-electron chi connectivity index (χ2n) is 12.0. The topological polar surface area (TPSA) is 58.2 Å². The van der Waals surface area contributed by atoms with E-state index in [2.05, 4.69) is 12.2 Å². The average molecular weight is 543 g/mol. The molecule has 2 N–H and O–H groups in total. The van der Waals surface area contributed by atoms with Crippen LogP contribution < -0.4 is 10.6 Å². The third-order valence-electron chi connectivity index (χ3n) is 10.4. The van der Waals surface area contributed by atoms with Crippen LogP contribution in [0.1, 0.15) is 57.9 Å². The van der Waals surface area contributed by atoms with Crippen molar-refractivity contribution in [2.45, 2.75) is 76.3 Å². The maximum Gasteiger partial charge on any atom is 0.424 e. The van der Waals surface area contributed by atoms with Gasteiger partial charge in [0.25, 0.3) is 5.54 Å². The third kappa shape index (κ3) is 3.79. The van der Waals surface area contributed by atoms with Crippen molar-refractivity contribution in [3.8, 4) is 0 Å². The fourth-order valence-electron chi connectivity index (χ4n) is 8.43. The molecule has 0 spiro atoms. The molecule has 1 heterocycles. The Bertz CT molecular complexity index is 1120. The van der Waals surface area contributed by atoms with Crippen molar-refractivity contribution in [3.63, 3.8) is 0 Å². The molecule has 38 heavy (non-hydrogen) atoms. The molecule has 1 aliphatic heterocycles. The van der Waals surface area contributed by atoms with Crippen molar-refractivity contribution < 1.29 is 35.9 Å². The first-order chi connectivity index (χ1) is 17.6. The number of hydrogen-bond donors (Lipinski definition) is 2. The monoisotopic (exact) mass is 542 g/mol. The molecule has 208 valence electrons. The van der Waals surface area contributed by atoms with Crippen LogP contribution in [0.4, 0.5) is 26.3 Å². The fraction of sp³-hybridized carbons (Fsp3) is 0.643. The van der Waals surface area contributed by atoms with Crippen LogP contribution in [0.5, 0.6) is 0 Å². The number of hydrogen-bond acceptors (Lipinski definition) is 2. The van der Waals surface area contributed by atoms with Gasteiger partial charge in [-0.3, -0.25) is 9.59 Å². The number of amides is 2. The zero-order valence-electron chi connectivity index (χ0n) is 21.3. The van der Waals surface area contributed by atoms with Crippen LogP contribution in [-0.4, -0.2) is 30.2 Å². The molecule has 3 aliphatic carbocycles. The largest absolute Gasteiger partial charge is 0.424 e. The van der Waals surface area contributed by atoms with Gasteiger partial charge in [-0.2, -0.15) is 26.3 Å². The van der Waals surface area contributed by atoms with Crippen LogP contribution in [0.2, 0.25) is 0 Å². The molecule has 7 atom stereocenters. The van der Waals surface area contributed by atoms with Crippen LogP contribution in [0, 0.1) is 34.5 Å². The van der Waals surface area contributed by atoms with Crippen molar-refractivity contribution in [2.24, 2.45) is 34.5 Å². The van der Waals surface area contributed by atoms with Gasteiger partial charge in [0.15, 0.2) is 0 Å². The van der Waals surface area contributed by atoms with Gasteiger partial charge in [-0.05, 0) is 73.3 Å². The Morgan fingerprint density at radius 3 is 2.21 bits per heavy atom. The number of carbonyl (C=O) groups is 2. The Morgan fingerprint density at radius 1 is 0.921 bits per heavy atom. The van der Waals surface area contributed by atoms with E-state index in [-0.39, 0.29) is 41.5 Å². The quantitative estimate of drug-likeness (QED) is 0.458. The first kappa shape index (κ1) is 27.1. The molecule has 1 aromatic rings. The average Bonchev–Trinajstić information content (AvgIpc) is 3.19. The maximum absolute atomic E-state index is 14.3. The Morgan fingerprint density at radius 2 is 1.58 bits per heavy atom. The molecule has 0 bridgehead atoms. The van der Waals surface area contributed by atoms with Gasteiger partial charge in [0, 0.05) is 17.4 Å². The molecule has 5 rings (SSSR count). The van der Waals surface area contributed by atoms with Gasteiger partial charge in [-0.15, -0.1) is 0 Å². The Balaban J connectivity index is 1.45. The van der Waals surface area contributed by atoms with Crippen LogP contribution in [0.15, 0.2) is 42.5 Å². The molecule has 4 aliphatic rings. The second-order valence-corrected chi connectivity index (χ2v) is 12.0. The normalized spacial score (nSPS) is 37.1. The Hall–Kier alpha value is -2.52. The molecule has 3 saturated carbocycles. The summed E-state index contributed by atoms with van der Waals surface area (Å²) in [7, 11) is 0. The highest BCUT2D eigenvalue weighted by Gasteiger charge is 2.73. The molecule has 2 amide bonds. The zero-order valence-corrected chi connectivity index (χ0v) is 21.3. The molecule has 2 unspecified atom stereocenters. The summed E-state index contributed by atoms with van der Waals surface area (Å²) in [5.74, 6) is -1.89. The van der Waals surface area contributed by atoms with Crippen molar-refractivity contribution in [2.75, 3.05) is 0 Å². The SMILES string of the molecule is C[C@]12C=CC(=O)NC1CC[C@@H]1[C@H]2CC[C@]2(C)C(C(=O)NC(c3ccccc3)(C(F)(F)F)C(F)(F)F)CC[C@@H]12. The number of benzene rings is 1. The van der Waals surface area contributed by atoms with Crippen molar-refractivity contribution in [1.29, 1.82) is 0 Å². The summed E-state index contributed by atoms with van der Waals surface area (Å²) in [5.41, 5.74) is -6.54. The molecule has 0 saturated heterocycles. The Labute approximate surface area is 217 Å². The van der Waals surface area contributed by atoms with Gasteiger partial charge in [-0.25, -0.2) is 0 Å². The molecule has 0 radical (unpaired) electrons. The molecule has 3 fully saturated rings. The summed E-state index contributed by atoms with van der Waals surface area (Å²) in [6, 6.07) is 5.02. The van der Waals surface area contributed by atoms with E-state index < -0.39 is 40.7 Å². The summed E-state index contributed by atoms with van der Waals surface area (Å²) in [6.07, 6.45) is -4.51. The number of rotatable bonds is 3. The fourth-order valence-corrected chi connectivity index (χ4v) is 8.43. The van der Waals surface area contributed by atoms with E-state index in [9.17, 15) is 35.9 Å². The van der Waals surface area contributed by atoms with E-state index in [4.69, 9.17) is 0 Å².